The fraction of sp³-hybridized carbons (Fsp3) is 0.333. The number of rotatable bonds is 5. The van der Waals surface area contributed by atoms with Gasteiger partial charge in [-0.1, -0.05) is 0 Å². The monoisotopic (exact) mass is 444 g/mol. The van der Waals surface area contributed by atoms with E-state index in [0.717, 1.165) is 49.5 Å². The smallest absolute Gasteiger partial charge is 0.406 e. The van der Waals surface area contributed by atoms with E-state index in [-0.39, 0.29) is 27.2 Å². The molecule has 1 aliphatic rings. The highest BCUT2D eigenvalue weighted by atomic mass is 32.2. The van der Waals surface area contributed by atoms with Gasteiger partial charge in [-0.2, -0.15) is 0 Å². The van der Waals surface area contributed by atoms with Crippen molar-refractivity contribution in [3.8, 4) is 5.75 Å². The molecular formula is C18H19F3N4O4S. The number of nitrogens with two attached hydrogens (primary N) is 1. The van der Waals surface area contributed by atoms with Crippen LogP contribution in [0.4, 0.5) is 18.9 Å². The van der Waals surface area contributed by atoms with Crippen LogP contribution < -0.4 is 15.8 Å². The number of likely N-dealkylation sites (tertiary alicyclic amines) is 1. The maximum atomic E-state index is 12.7. The summed E-state index contributed by atoms with van der Waals surface area (Å²) in [6, 6.07) is 4.77. The number of ether oxygens (including phenoxy) is 1. The van der Waals surface area contributed by atoms with Crippen LogP contribution in [0.3, 0.4) is 0 Å². The molecule has 2 aromatic rings. The number of nitrogen functional groups attached to an aromatic ring is 1. The Morgan fingerprint density at radius 1 is 1.27 bits per heavy atom. The second kappa shape index (κ2) is 8.11. The number of nitrogens with one attached hydrogen (secondary N) is 1. The number of carbonyl (C=O) groups is 1. The number of amides is 1. The van der Waals surface area contributed by atoms with Crippen LogP contribution in [0.2, 0.25) is 0 Å². The zero-order valence-electron chi connectivity index (χ0n) is 15.8. The largest absolute Gasteiger partial charge is 0.573 e. The fourth-order valence-electron chi connectivity index (χ4n) is 3.06. The third-order valence-electron chi connectivity index (χ3n) is 4.51. The van der Waals surface area contributed by atoms with Crippen molar-refractivity contribution < 1.29 is 31.1 Å². The van der Waals surface area contributed by atoms with E-state index in [1.807, 2.05) is 7.05 Å². The van der Waals surface area contributed by atoms with Gasteiger partial charge in [0.15, 0.2) is 5.69 Å². The Kier molecular flexibility index (Phi) is 5.90. The Hall–Kier alpha value is -2.86. The molecule has 30 heavy (non-hydrogen) atoms. The molecule has 0 aliphatic carbocycles. The summed E-state index contributed by atoms with van der Waals surface area (Å²) in [5.74, 6) is -1.06. The Bertz CT molecular complexity index is 1040. The van der Waals surface area contributed by atoms with E-state index in [9.17, 15) is 26.4 Å². The Morgan fingerprint density at radius 2 is 1.93 bits per heavy atom. The highest BCUT2D eigenvalue weighted by Gasteiger charge is 2.31. The third kappa shape index (κ3) is 5.00. The molecule has 0 radical (unpaired) electrons. The summed E-state index contributed by atoms with van der Waals surface area (Å²) < 4.78 is 65.9. The SMILES string of the molecule is CN1CC[C@H](NC(=O)c2ncc(S(=O)(=O)c3ccc(OC(F)(F)F)cc3)cc2N)C1. The number of carbonyl (C=O) groups excluding carboxylic acids is 1. The second-order valence-corrected chi connectivity index (χ2v) is 8.80. The average Bonchev–Trinajstić information content (AvgIpc) is 3.05. The number of nitrogens with zero attached hydrogens (tertiary/aromatic N) is 2. The fourth-order valence-corrected chi connectivity index (χ4v) is 4.30. The van der Waals surface area contributed by atoms with Crippen LogP contribution in [0.15, 0.2) is 46.3 Å². The van der Waals surface area contributed by atoms with Crippen LogP contribution in [-0.2, 0) is 9.84 Å². The van der Waals surface area contributed by atoms with Gasteiger partial charge in [0.2, 0.25) is 9.84 Å². The molecule has 1 fully saturated rings. The number of anilines is 1. The maximum absolute atomic E-state index is 12.7. The van der Waals surface area contributed by atoms with Crippen LogP contribution in [0, 0.1) is 0 Å². The molecule has 1 aliphatic heterocycles. The number of pyridine rings is 1. The lowest BCUT2D eigenvalue weighted by Gasteiger charge is -2.14. The molecule has 3 rings (SSSR count). The van der Waals surface area contributed by atoms with E-state index < -0.39 is 27.9 Å². The van der Waals surface area contributed by atoms with E-state index in [2.05, 4.69) is 19.9 Å². The summed E-state index contributed by atoms with van der Waals surface area (Å²) in [6.45, 7) is 1.53. The number of sulfone groups is 1. The van der Waals surface area contributed by atoms with E-state index in [4.69, 9.17) is 5.73 Å². The van der Waals surface area contributed by atoms with Crippen molar-refractivity contribution in [3.05, 3.63) is 42.2 Å². The quantitative estimate of drug-likeness (QED) is 0.723. The van der Waals surface area contributed by atoms with Gasteiger partial charge in [0, 0.05) is 18.8 Å². The molecule has 162 valence electrons. The number of alkyl halides is 3. The molecule has 0 unspecified atom stereocenters. The van der Waals surface area contributed by atoms with E-state index in [1.165, 1.54) is 0 Å². The number of halogens is 3. The van der Waals surface area contributed by atoms with Crippen molar-refractivity contribution in [1.82, 2.24) is 15.2 Å². The molecule has 8 nitrogen and oxygen atoms in total. The molecule has 0 saturated carbocycles. The molecule has 1 saturated heterocycles. The molecule has 3 N–H and O–H groups in total. The number of hydrogen-bond donors (Lipinski definition) is 2. The molecule has 1 atom stereocenters. The highest BCUT2D eigenvalue weighted by Crippen LogP contribution is 2.27. The van der Waals surface area contributed by atoms with Crippen LogP contribution in [0.25, 0.3) is 0 Å². The van der Waals surface area contributed by atoms with Crippen molar-refractivity contribution >= 4 is 21.4 Å². The first-order valence-corrected chi connectivity index (χ1v) is 10.3. The molecule has 0 spiro atoms. The van der Waals surface area contributed by atoms with Crippen LogP contribution in [0.1, 0.15) is 16.9 Å². The van der Waals surface area contributed by atoms with Gasteiger partial charge in [-0.25, -0.2) is 13.4 Å². The molecule has 12 heteroatoms. The number of likely N-dealkylation sites (N-methyl/N-ethyl adjacent to an activating group) is 1. The Morgan fingerprint density at radius 3 is 2.47 bits per heavy atom. The standard InChI is InChI=1S/C18H19F3N4O4S/c1-25-7-6-11(10-25)24-17(26)16-15(22)8-14(9-23-16)30(27,28)13-4-2-12(3-5-13)29-18(19,20)21/h2-5,8-9,11H,6-7,10,22H2,1H3,(H,24,26)/t11-/m0/s1. The summed E-state index contributed by atoms with van der Waals surface area (Å²) in [5.41, 5.74) is 5.62. The van der Waals surface area contributed by atoms with Crippen LogP contribution in [-0.4, -0.2) is 56.8 Å². The predicted molar refractivity (Wildman–Crippen MR) is 101 cm³/mol. The summed E-state index contributed by atoms with van der Waals surface area (Å²) in [6.07, 6.45) is -3.12. The van der Waals surface area contributed by atoms with Gasteiger partial charge in [0.05, 0.1) is 15.5 Å². The van der Waals surface area contributed by atoms with Gasteiger partial charge in [-0.3, -0.25) is 4.79 Å². The lowest BCUT2D eigenvalue weighted by atomic mass is 10.2. The first kappa shape index (κ1) is 21.8. The van der Waals surface area contributed by atoms with Crippen LogP contribution in [0.5, 0.6) is 5.75 Å². The lowest BCUT2D eigenvalue weighted by molar-refractivity contribution is -0.274. The number of hydrogen-bond acceptors (Lipinski definition) is 7. The summed E-state index contributed by atoms with van der Waals surface area (Å²) in [4.78, 5) is 17.8. The van der Waals surface area contributed by atoms with Gasteiger partial charge in [-0.05, 0) is 50.3 Å². The van der Waals surface area contributed by atoms with Gasteiger partial charge < -0.3 is 20.7 Å². The molecule has 1 aromatic heterocycles. The maximum Gasteiger partial charge on any atom is 0.573 e. The minimum Gasteiger partial charge on any atom is -0.406 e. The minimum atomic E-state index is -4.89. The highest BCUT2D eigenvalue weighted by molar-refractivity contribution is 7.91. The zero-order chi connectivity index (χ0) is 22.1. The predicted octanol–water partition coefficient (Wildman–Crippen LogP) is 1.83. The first-order valence-electron chi connectivity index (χ1n) is 8.81. The number of benzene rings is 1. The first-order chi connectivity index (χ1) is 14.0. The summed E-state index contributed by atoms with van der Waals surface area (Å²) in [5, 5.41) is 2.80. The topological polar surface area (TPSA) is 115 Å². The molecule has 2 heterocycles. The minimum absolute atomic E-state index is 0.0514. The van der Waals surface area contributed by atoms with Gasteiger partial charge >= 0.3 is 6.36 Å². The molecule has 0 bridgehead atoms. The second-order valence-electron chi connectivity index (χ2n) is 6.85. The molecule has 1 amide bonds. The van der Waals surface area contributed by atoms with Crippen molar-refractivity contribution in [1.29, 1.82) is 0 Å². The van der Waals surface area contributed by atoms with Crippen molar-refractivity contribution in [3.63, 3.8) is 0 Å². The number of aromatic nitrogens is 1. The Labute approximate surface area is 170 Å². The summed E-state index contributed by atoms with van der Waals surface area (Å²) in [7, 11) is -2.18. The van der Waals surface area contributed by atoms with Crippen molar-refractivity contribution in [2.24, 2.45) is 0 Å². The van der Waals surface area contributed by atoms with Crippen molar-refractivity contribution in [2.75, 3.05) is 25.9 Å². The molecular weight excluding hydrogens is 425 g/mol. The van der Waals surface area contributed by atoms with Gasteiger partial charge in [-0.15, -0.1) is 13.2 Å². The third-order valence-corrected chi connectivity index (χ3v) is 6.25. The average molecular weight is 444 g/mol. The molecule has 1 aromatic carbocycles. The van der Waals surface area contributed by atoms with Crippen LogP contribution >= 0.6 is 0 Å². The zero-order valence-corrected chi connectivity index (χ0v) is 16.6. The van der Waals surface area contributed by atoms with E-state index in [1.54, 1.807) is 0 Å². The lowest BCUT2D eigenvalue weighted by Crippen LogP contribution is -2.37. The summed E-state index contributed by atoms with van der Waals surface area (Å²) >= 11 is 0. The van der Waals surface area contributed by atoms with Gasteiger partial charge in [0.25, 0.3) is 5.91 Å². The van der Waals surface area contributed by atoms with E-state index in [0.29, 0.717) is 6.54 Å². The van der Waals surface area contributed by atoms with Gasteiger partial charge in [0.1, 0.15) is 5.75 Å². The normalized spacial score (nSPS) is 17.7. The Balaban J connectivity index is 1.78. The van der Waals surface area contributed by atoms with E-state index >= 15 is 0 Å². The van der Waals surface area contributed by atoms with Crippen molar-refractivity contribution in [2.45, 2.75) is 28.6 Å².